The quantitative estimate of drug-likeness (QED) is 0.185. The van der Waals surface area contributed by atoms with Crippen LogP contribution in [0, 0.1) is 0 Å². The molecule has 0 atom stereocenters. The lowest BCUT2D eigenvalue weighted by Gasteiger charge is -2.11. The second-order valence-electron chi connectivity index (χ2n) is 12.4. The number of aromatic nitrogens is 2. The van der Waals surface area contributed by atoms with Gasteiger partial charge in [-0.15, -0.1) is 22.7 Å². The molecule has 4 heteroatoms. The average Bonchev–Trinajstić information content (AvgIpc) is 3.81. The predicted molar refractivity (Wildman–Crippen MR) is 204 cm³/mol. The van der Waals surface area contributed by atoms with Crippen molar-refractivity contribution in [3.05, 3.63) is 146 Å². The minimum absolute atomic E-state index is 1.02. The maximum absolute atomic E-state index is 5.34. The monoisotopic (exact) mass is 632 g/mol. The molecule has 0 unspecified atom stereocenters. The largest absolute Gasteiger partial charge is 0.291 e. The van der Waals surface area contributed by atoms with Crippen LogP contribution in [0.2, 0.25) is 0 Å². The molecule has 11 aromatic rings. The van der Waals surface area contributed by atoms with Crippen molar-refractivity contribution in [2.45, 2.75) is 0 Å². The zero-order chi connectivity index (χ0) is 30.6. The second kappa shape index (κ2) is 9.49. The highest BCUT2D eigenvalue weighted by molar-refractivity contribution is 7.26. The fourth-order valence-electron chi connectivity index (χ4n) is 7.51. The van der Waals surface area contributed by atoms with E-state index in [0.717, 1.165) is 22.4 Å². The summed E-state index contributed by atoms with van der Waals surface area (Å²) in [4.78, 5) is 5.34. The van der Waals surface area contributed by atoms with Gasteiger partial charge in [0.25, 0.3) is 0 Å². The average molecular weight is 633 g/mol. The Morgan fingerprint density at radius 1 is 0.447 bits per heavy atom. The molecule has 4 heterocycles. The Morgan fingerprint density at radius 2 is 1.13 bits per heavy atom. The molecule has 11 rings (SSSR count). The topological polar surface area (TPSA) is 17.3 Å². The Hall–Kier alpha value is -5.55. The Kier molecular flexibility index (Phi) is 5.17. The van der Waals surface area contributed by atoms with E-state index in [9.17, 15) is 0 Å². The third-order valence-corrected chi connectivity index (χ3v) is 12.1. The zero-order valence-electron chi connectivity index (χ0n) is 25.1. The van der Waals surface area contributed by atoms with Crippen LogP contribution in [0.25, 0.3) is 101 Å². The molecule has 218 valence electrons. The summed E-state index contributed by atoms with van der Waals surface area (Å²) in [5, 5.41) is 10.2. The van der Waals surface area contributed by atoms with E-state index >= 15 is 0 Å². The minimum Gasteiger partial charge on any atom is -0.291 e. The van der Waals surface area contributed by atoms with Crippen LogP contribution < -0.4 is 0 Å². The van der Waals surface area contributed by atoms with Gasteiger partial charge in [0.1, 0.15) is 0 Å². The van der Waals surface area contributed by atoms with Gasteiger partial charge in [0.15, 0.2) is 5.65 Å². The third kappa shape index (κ3) is 3.68. The first kappa shape index (κ1) is 25.6. The molecule has 0 amide bonds. The molecule has 0 bridgehead atoms. The van der Waals surface area contributed by atoms with Crippen LogP contribution in [0.3, 0.4) is 0 Å². The highest BCUT2D eigenvalue weighted by atomic mass is 32.1. The number of rotatable bonds is 2. The van der Waals surface area contributed by atoms with Crippen molar-refractivity contribution in [3.8, 4) is 22.4 Å². The molecule has 4 aromatic heterocycles. The van der Waals surface area contributed by atoms with Gasteiger partial charge < -0.3 is 0 Å². The van der Waals surface area contributed by atoms with Crippen molar-refractivity contribution < 1.29 is 0 Å². The van der Waals surface area contributed by atoms with Gasteiger partial charge in [0.05, 0.1) is 21.4 Å². The van der Waals surface area contributed by atoms with E-state index < -0.39 is 0 Å². The standard InChI is InChI=1S/C43H24N2S2/c1-2-9-29-23-37-35(22-28(29)8-1)44-43-42-34(41-31-10-4-3-7-26(31)17-20-40(41)47-42)24-36(45(37)43)27-15-13-25(14-16-27)30-18-19-39-33(21-30)32-11-5-6-12-38(32)46-39/h1-24H. The lowest BCUT2D eigenvalue weighted by Crippen LogP contribution is -1.93. The molecule has 0 aliphatic heterocycles. The van der Waals surface area contributed by atoms with E-state index in [0.29, 0.717) is 0 Å². The molecule has 0 N–H and O–H groups in total. The summed E-state index contributed by atoms with van der Waals surface area (Å²) in [6, 6.07) is 53.5. The van der Waals surface area contributed by atoms with Gasteiger partial charge in [-0.1, -0.05) is 103 Å². The first-order chi connectivity index (χ1) is 23.3. The van der Waals surface area contributed by atoms with Crippen LogP contribution >= 0.6 is 22.7 Å². The van der Waals surface area contributed by atoms with Gasteiger partial charge in [-0.2, -0.15) is 0 Å². The number of thiophene rings is 2. The summed E-state index contributed by atoms with van der Waals surface area (Å²) >= 11 is 3.71. The van der Waals surface area contributed by atoms with Crippen molar-refractivity contribution in [2.24, 2.45) is 0 Å². The number of nitrogens with zero attached hydrogens (tertiary/aromatic N) is 2. The normalized spacial score (nSPS) is 12.3. The van der Waals surface area contributed by atoms with E-state index in [2.05, 4.69) is 150 Å². The Morgan fingerprint density at radius 3 is 2.00 bits per heavy atom. The number of benzene rings is 7. The van der Waals surface area contributed by atoms with Gasteiger partial charge in [-0.25, -0.2) is 4.98 Å². The zero-order valence-corrected chi connectivity index (χ0v) is 26.7. The molecular weight excluding hydrogens is 609 g/mol. The molecule has 7 aromatic carbocycles. The van der Waals surface area contributed by atoms with Gasteiger partial charge in [-0.3, -0.25) is 4.40 Å². The van der Waals surface area contributed by atoms with Crippen molar-refractivity contribution in [1.29, 1.82) is 0 Å². The third-order valence-electron chi connectivity index (χ3n) is 9.75. The van der Waals surface area contributed by atoms with Crippen LogP contribution in [-0.2, 0) is 0 Å². The Labute approximate surface area is 277 Å². The lowest BCUT2D eigenvalue weighted by atomic mass is 9.99. The molecule has 0 fully saturated rings. The van der Waals surface area contributed by atoms with Crippen molar-refractivity contribution >= 4 is 101 Å². The van der Waals surface area contributed by atoms with Crippen LogP contribution in [0.4, 0.5) is 0 Å². The second-order valence-corrected chi connectivity index (χ2v) is 14.5. The maximum Gasteiger partial charge on any atom is 0.156 e. The molecule has 0 spiro atoms. The highest BCUT2D eigenvalue weighted by Crippen LogP contribution is 2.44. The van der Waals surface area contributed by atoms with Gasteiger partial charge in [-0.05, 0) is 80.7 Å². The van der Waals surface area contributed by atoms with Crippen molar-refractivity contribution in [3.63, 3.8) is 0 Å². The highest BCUT2D eigenvalue weighted by Gasteiger charge is 2.19. The number of pyridine rings is 1. The molecule has 0 aliphatic rings. The maximum atomic E-state index is 5.34. The molecule has 47 heavy (non-hydrogen) atoms. The fourth-order valence-corrected chi connectivity index (χ4v) is 9.77. The van der Waals surface area contributed by atoms with E-state index in [-0.39, 0.29) is 0 Å². The molecule has 0 saturated carbocycles. The van der Waals surface area contributed by atoms with Crippen LogP contribution in [0.15, 0.2) is 146 Å². The Balaban J connectivity index is 1.18. The molecular formula is C43H24N2S2. The summed E-state index contributed by atoms with van der Waals surface area (Å²) < 4.78 is 7.58. The summed E-state index contributed by atoms with van der Waals surface area (Å²) in [6.45, 7) is 0. The van der Waals surface area contributed by atoms with Crippen LogP contribution in [-0.4, -0.2) is 9.38 Å². The van der Waals surface area contributed by atoms with E-state index in [1.165, 1.54) is 78.6 Å². The fraction of sp³-hybridized carbons (Fsp3) is 0. The molecule has 0 radical (unpaired) electrons. The van der Waals surface area contributed by atoms with E-state index in [4.69, 9.17) is 4.98 Å². The predicted octanol–water partition coefficient (Wildman–Crippen LogP) is 12.9. The first-order valence-electron chi connectivity index (χ1n) is 15.9. The summed E-state index contributed by atoms with van der Waals surface area (Å²) in [5.41, 5.74) is 7.97. The van der Waals surface area contributed by atoms with Crippen LogP contribution in [0.1, 0.15) is 0 Å². The van der Waals surface area contributed by atoms with E-state index in [1.54, 1.807) is 0 Å². The van der Waals surface area contributed by atoms with Crippen LogP contribution in [0.5, 0.6) is 0 Å². The summed E-state index contributed by atoms with van der Waals surface area (Å²) in [6.07, 6.45) is 0. The summed E-state index contributed by atoms with van der Waals surface area (Å²) in [5.74, 6) is 0. The van der Waals surface area contributed by atoms with Gasteiger partial charge >= 0.3 is 0 Å². The van der Waals surface area contributed by atoms with E-state index in [1.807, 2.05) is 22.7 Å². The van der Waals surface area contributed by atoms with Gasteiger partial charge in [0, 0.05) is 35.6 Å². The number of fused-ring (bicyclic) bond motifs is 13. The van der Waals surface area contributed by atoms with Crippen molar-refractivity contribution in [1.82, 2.24) is 9.38 Å². The van der Waals surface area contributed by atoms with Gasteiger partial charge in [0.2, 0.25) is 0 Å². The smallest absolute Gasteiger partial charge is 0.156 e. The summed E-state index contributed by atoms with van der Waals surface area (Å²) in [7, 11) is 0. The first-order valence-corrected chi connectivity index (χ1v) is 17.5. The molecule has 2 nitrogen and oxygen atoms in total. The number of hydrogen-bond acceptors (Lipinski definition) is 3. The lowest BCUT2D eigenvalue weighted by molar-refractivity contribution is 1.25. The Bertz CT molecular complexity index is 3070. The number of imidazole rings is 1. The SMILES string of the molecule is c1ccc2cc3c(cc2c1)nc1c2sc4ccc5ccccc5c4c2cc(-c2ccc(-c4ccc5sc6ccccc6c5c4)cc2)n31. The van der Waals surface area contributed by atoms with Crippen molar-refractivity contribution in [2.75, 3.05) is 0 Å². The molecule has 0 saturated heterocycles. The molecule has 0 aliphatic carbocycles. The number of hydrogen-bond donors (Lipinski definition) is 0. The minimum atomic E-state index is 1.02.